The number of ether oxygens (including phenoxy) is 1. The van der Waals surface area contributed by atoms with Crippen molar-refractivity contribution >= 4 is 12.0 Å². The maximum Gasteiger partial charge on any atom is 0.328 e. The van der Waals surface area contributed by atoms with Gasteiger partial charge in [-0.25, -0.2) is 4.79 Å². The van der Waals surface area contributed by atoms with Gasteiger partial charge in [-0.3, -0.25) is 4.79 Å². The Balaban J connectivity index is 2.07. The normalized spacial score (nSPS) is 10.6. The van der Waals surface area contributed by atoms with E-state index in [-0.39, 0.29) is 23.5 Å². The molecule has 2 rings (SSSR count). The standard InChI is InChI=1S/C15H12O5/c16-13-8-12(6-7-15(17)18)19-10-14(13)20-9-11-4-2-1-3-5-11/h1-8,10H,9H2,(H,17,18). The Kier molecular flexibility index (Phi) is 4.34. The number of benzene rings is 1. The first-order chi connectivity index (χ1) is 9.65. The lowest BCUT2D eigenvalue weighted by Crippen LogP contribution is -2.07. The number of hydrogen-bond acceptors (Lipinski definition) is 4. The van der Waals surface area contributed by atoms with Crippen molar-refractivity contribution in [3.05, 3.63) is 70.3 Å². The van der Waals surface area contributed by atoms with E-state index in [1.165, 1.54) is 18.4 Å². The third-order valence-electron chi connectivity index (χ3n) is 2.45. The lowest BCUT2D eigenvalue weighted by atomic mass is 10.2. The van der Waals surface area contributed by atoms with Gasteiger partial charge >= 0.3 is 5.97 Å². The van der Waals surface area contributed by atoms with Gasteiger partial charge in [-0.2, -0.15) is 0 Å². The second-order valence-corrected chi connectivity index (χ2v) is 3.96. The number of hydrogen-bond donors (Lipinski definition) is 1. The highest BCUT2D eigenvalue weighted by Gasteiger charge is 2.03. The van der Waals surface area contributed by atoms with Gasteiger partial charge in [0, 0.05) is 12.1 Å². The Bertz CT molecular complexity index is 670. The minimum atomic E-state index is -1.11. The first-order valence-electron chi connectivity index (χ1n) is 5.86. The zero-order valence-corrected chi connectivity index (χ0v) is 10.5. The van der Waals surface area contributed by atoms with Gasteiger partial charge in [0.2, 0.25) is 11.2 Å². The molecule has 20 heavy (non-hydrogen) atoms. The molecule has 0 aliphatic heterocycles. The summed E-state index contributed by atoms with van der Waals surface area (Å²) in [5.74, 6) is -0.872. The van der Waals surface area contributed by atoms with Gasteiger partial charge < -0.3 is 14.3 Å². The van der Waals surface area contributed by atoms with Crippen molar-refractivity contribution in [2.24, 2.45) is 0 Å². The monoisotopic (exact) mass is 272 g/mol. The van der Waals surface area contributed by atoms with Crippen molar-refractivity contribution in [3.8, 4) is 5.75 Å². The molecule has 0 bridgehead atoms. The second kappa shape index (κ2) is 6.38. The molecule has 0 spiro atoms. The highest BCUT2D eigenvalue weighted by Crippen LogP contribution is 2.10. The summed E-state index contributed by atoms with van der Waals surface area (Å²) in [6.45, 7) is 0.260. The first kappa shape index (κ1) is 13.6. The summed E-state index contributed by atoms with van der Waals surface area (Å²) in [5, 5.41) is 8.48. The van der Waals surface area contributed by atoms with Crippen LogP contribution in [0.4, 0.5) is 0 Å². The Morgan fingerprint density at radius 2 is 2.05 bits per heavy atom. The summed E-state index contributed by atoms with van der Waals surface area (Å²) < 4.78 is 10.5. The van der Waals surface area contributed by atoms with Crippen LogP contribution < -0.4 is 10.2 Å². The van der Waals surface area contributed by atoms with Gasteiger partial charge in [0.05, 0.1) is 0 Å². The van der Waals surface area contributed by atoms with Gasteiger partial charge in [0.15, 0.2) is 0 Å². The van der Waals surface area contributed by atoms with Gasteiger partial charge in [-0.05, 0) is 11.6 Å². The van der Waals surface area contributed by atoms with E-state index in [1.807, 2.05) is 30.3 Å². The fourth-order valence-corrected chi connectivity index (χ4v) is 1.50. The van der Waals surface area contributed by atoms with Gasteiger partial charge in [0.25, 0.3) is 0 Å². The minimum Gasteiger partial charge on any atom is -0.482 e. The lowest BCUT2D eigenvalue weighted by Gasteiger charge is -2.04. The molecular formula is C15H12O5. The van der Waals surface area contributed by atoms with E-state index >= 15 is 0 Å². The molecule has 1 N–H and O–H groups in total. The third kappa shape index (κ3) is 3.84. The smallest absolute Gasteiger partial charge is 0.328 e. The summed E-state index contributed by atoms with van der Waals surface area (Å²) in [4.78, 5) is 22.1. The molecule has 0 saturated heterocycles. The molecule has 0 aliphatic rings. The van der Waals surface area contributed by atoms with E-state index in [0.717, 1.165) is 11.6 Å². The summed E-state index contributed by atoms with van der Waals surface area (Å²) in [6.07, 6.45) is 3.26. The van der Waals surface area contributed by atoms with Crippen molar-refractivity contribution < 1.29 is 19.1 Å². The van der Waals surface area contributed by atoms with Crippen LogP contribution in [0, 0.1) is 0 Å². The van der Waals surface area contributed by atoms with Crippen LogP contribution >= 0.6 is 0 Å². The zero-order chi connectivity index (χ0) is 14.4. The van der Waals surface area contributed by atoms with E-state index in [0.29, 0.717) is 0 Å². The van der Waals surface area contributed by atoms with Crippen LogP contribution in [0.1, 0.15) is 11.3 Å². The number of carboxylic acid groups (broad SMARTS) is 1. The number of aliphatic carboxylic acids is 1. The summed E-state index contributed by atoms with van der Waals surface area (Å²) >= 11 is 0. The number of carboxylic acids is 1. The van der Waals surface area contributed by atoms with Crippen LogP contribution in [-0.2, 0) is 11.4 Å². The molecule has 0 unspecified atom stereocenters. The molecule has 1 aromatic carbocycles. The van der Waals surface area contributed by atoms with E-state index in [2.05, 4.69) is 0 Å². The van der Waals surface area contributed by atoms with E-state index < -0.39 is 5.97 Å². The lowest BCUT2D eigenvalue weighted by molar-refractivity contribution is -0.131. The highest BCUT2D eigenvalue weighted by molar-refractivity contribution is 5.84. The average Bonchev–Trinajstić information content (AvgIpc) is 2.45. The van der Waals surface area contributed by atoms with Crippen molar-refractivity contribution in [2.45, 2.75) is 6.61 Å². The first-order valence-corrected chi connectivity index (χ1v) is 5.86. The number of rotatable bonds is 5. The highest BCUT2D eigenvalue weighted by atomic mass is 16.5. The van der Waals surface area contributed by atoms with Crippen molar-refractivity contribution in [1.29, 1.82) is 0 Å². The Morgan fingerprint density at radius 3 is 2.70 bits per heavy atom. The second-order valence-electron chi connectivity index (χ2n) is 3.96. The quantitative estimate of drug-likeness (QED) is 0.845. The van der Waals surface area contributed by atoms with E-state index in [9.17, 15) is 9.59 Å². The van der Waals surface area contributed by atoms with Crippen LogP contribution in [0.2, 0.25) is 0 Å². The third-order valence-corrected chi connectivity index (χ3v) is 2.45. The molecule has 5 nitrogen and oxygen atoms in total. The molecule has 0 aliphatic carbocycles. The maximum absolute atomic E-state index is 11.7. The molecule has 5 heteroatoms. The summed E-state index contributed by atoms with van der Waals surface area (Å²) in [5.41, 5.74) is 0.568. The van der Waals surface area contributed by atoms with Crippen LogP contribution in [0.25, 0.3) is 6.08 Å². The topological polar surface area (TPSA) is 76.7 Å². The summed E-state index contributed by atoms with van der Waals surface area (Å²) in [6, 6.07) is 10.6. The van der Waals surface area contributed by atoms with Crippen LogP contribution in [0.5, 0.6) is 5.75 Å². The van der Waals surface area contributed by atoms with Crippen LogP contribution in [0.3, 0.4) is 0 Å². The number of carbonyl (C=O) groups is 1. The Morgan fingerprint density at radius 1 is 1.30 bits per heavy atom. The Labute approximate surface area is 114 Å². The largest absolute Gasteiger partial charge is 0.482 e. The fraction of sp³-hybridized carbons (Fsp3) is 0.0667. The van der Waals surface area contributed by atoms with Gasteiger partial charge in [-0.15, -0.1) is 0 Å². The van der Waals surface area contributed by atoms with E-state index in [1.54, 1.807) is 0 Å². The molecule has 1 heterocycles. The minimum absolute atomic E-state index is 0.0846. The molecule has 102 valence electrons. The average molecular weight is 272 g/mol. The molecule has 0 atom stereocenters. The van der Waals surface area contributed by atoms with Crippen LogP contribution in [0.15, 0.2) is 57.9 Å². The summed E-state index contributed by atoms with van der Waals surface area (Å²) in [7, 11) is 0. The van der Waals surface area contributed by atoms with Gasteiger partial charge in [-0.1, -0.05) is 30.3 Å². The maximum atomic E-state index is 11.7. The zero-order valence-electron chi connectivity index (χ0n) is 10.5. The molecule has 1 aromatic heterocycles. The fourth-order valence-electron chi connectivity index (χ4n) is 1.50. The Hall–Kier alpha value is -2.82. The van der Waals surface area contributed by atoms with E-state index in [4.69, 9.17) is 14.3 Å². The van der Waals surface area contributed by atoms with Crippen molar-refractivity contribution in [1.82, 2.24) is 0 Å². The molecule has 0 radical (unpaired) electrons. The predicted molar refractivity (Wildman–Crippen MR) is 72.4 cm³/mol. The molecule has 2 aromatic rings. The molecule has 0 saturated carbocycles. The van der Waals surface area contributed by atoms with Crippen LogP contribution in [-0.4, -0.2) is 11.1 Å². The molecular weight excluding hydrogens is 260 g/mol. The van der Waals surface area contributed by atoms with Gasteiger partial charge in [0.1, 0.15) is 18.6 Å². The molecule has 0 fully saturated rings. The predicted octanol–water partition coefficient (Wildman–Crippen LogP) is 2.32. The molecule has 0 amide bonds. The van der Waals surface area contributed by atoms with Crippen molar-refractivity contribution in [2.75, 3.05) is 0 Å². The SMILES string of the molecule is O=C(O)C=Cc1cc(=O)c(OCc2ccccc2)co1. The van der Waals surface area contributed by atoms with Crippen molar-refractivity contribution in [3.63, 3.8) is 0 Å².